The number of aryl methyl sites for hydroxylation is 1. The summed E-state index contributed by atoms with van der Waals surface area (Å²) in [7, 11) is 0. The molecule has 0 fully saturated rings. The molecule has 0 amide bonds. The molecular formula is C20H17N5O2. The average molecular weight is 359 g/mol. The normalized spacial score (nSPS) is 11.5. The number of hydrazone groups is 1. The number of hydrogen-bond donors (Lipinski definition) is 1. The van der Waals surface area contributed by atoms with Gasteiger partial charge in [0.15, 0.2) is 0 Å². The van der Waals surface area contributed by atoms with Gasteiger partial charge in [-0.05, 0) is 43.3 Å². The molecule has 0 saturated carbocycles. The Balaban J connectivity index is 1.90. The van der Waals surface area contributed by atoms with Crippen molar-refractivity contribution in [3.63, 3.8) is 0 Å². The van der Waals surface area contributed by atoms with Crippen molar-refractivity contribution < 1.29 is 4.92 Å². The van der Waals surface area contributed by atoms with Crippen molar-refractivity contribution in [1.82, 2.24) is 0 Å². The number of nitro groups is 1. The Labute approximate surface area is 156 Å². The van der Waals surface area contributed by atoms with Gasteiger partial charge >= 0.3 is 0 Å². The van der Waals surface area contributed by atoms with Gasteiger partial charge in [0.1, 0.15) is 0 Å². The van der Waals surface area contributed by atoms with Crippen LogP contribution in [0.3, 0.4) is 0 Å². The second-order valence-corrected chi connectivity index (χ2v) is 5.75. The van der Waals surface area contributed by atoms with E-state index in [1.54, 1.807) is 12.1 Å². The third-order valence-electron chi connectivity index (χ3n) is 3.70. The van der Waals surface area contributed by atoms with Gasteiger partial charge in [-0.3, -0.25) is 15.5 Å². The molecule has 0 spiro atoms. The third kappa shape index (κ3) is 5.05. The van der Waals surface area contributed by atoms with Crippen molar-refractivity contribution in [2.24, 2.45) is 15.3 Å². The van der Waals surface area contributed by atoms with Crippen LogP contribution in [0.2, 0.25) is 0 Å². The minimum atomic E-state index is -0.448. The smallest absolute Gasteiger partial charge is 0.269 e. The Morgan fingerprint density at radius 2 is 1.59 bits per heavy atom. The molecule has 7 nitrogen and oxygen atoms in total. The molecule has 7 heteroatoms. The number of amidine groups is 1. The van der Waals surface area contributed by atoms with E-state index in [0.717, 1.165) is 11.3 Å². The van der Waals surface area contributed by atoms with Crippen LogP contribution < -0.4 is 5.43 Å². The van der Waals surface area contributed by atoms with Crippen molar-refractivity contribution in [1.29, 1.82) is 0 Å². The van der Waals surface area contributed by atoms with Crippen molar-refractivity contribution in [2.75, 3.05) is 5.43 Å². The molecule has 0 atom stereocenters. The molecule has 0 aliphatic heterocycles. The maximum Gasteiger partial charge on any atom is 0.269 e. The molecule has 0 heterocycles. The number of nitrogens with one attached hydrogen (secondary N) is 1. The van der Waals surface area contributed by atoms with Crippen LogP contribution in [0, 0.1) is 17.0 Å². The second kappa shape index (κ2) is 8.48. The van der Waals surface area contributed by atoms with Gasteiger partial charge in [0.05, 0.1) is 16.3 Å². The maximum atomic E-state index is 10.9. The Morgan fingerprint density at radius 3 is 2.22 bits per heavy atom. The van der Waals surface area contributed by atoms with E-state index in [-0.39, 0.29) is 5.69 Å². The van der Waals surface area contributed by atoms with Crippen molar-refractivity contribution in [2.45, 2.75) is 6.92 Å². The zero-order valence-electron chi connectivity index (χ0n) is 14.6. The summed E-state index contributed by atoms with van der Waals surface area (Å²) < 4.78 is 0. The summed E-state index contributed by atoms with van der Waals surface area (Å²) in [6, 6.07) is 23.0. The van der Waals surface area contributed by atoms with Crippen LogP contribution in [-0.2, 0) is 0 Å². The molecule has 0 aromatic heterocycles. The number of rotatable bonds is 5. The van der Waals surface area contributed by atoms with Crippen LogP contribution in [0.4, 0.5) is 17.1 Å². The minimum Gasteiger partial charge on any atom is -0.276 e. The van der Waals surface area contributed by atoms with Gasteiger partial charge in [0.2, 0.25) is 5.84 Å². The lowest BCUT2D eigenvalue weighted by Crippen LogP contribution is -2.01. The third-order valence-corrected chi connectivity index (χ3v) is 3.70. The maximum absolute atomic E-state index is 10.9. The average Bonchev–Trinajstić information content (AvgIpc) is 2.70. The molecule has 0 aliphatic rings. The van der Waals surface area contributed by atoms with E-state index in [1.807, 2.05) is 61.5 Å². The first-order valence-corrected chi connectivity index (χ1v) is 8.24. The molecule has 0 radical (unpaired) electrons. The first-order chi connectivity index (χ1) is 13.1. The first kappa shape index (κ1) is 17.9. The Hall–Kier alpha value is -3.87. The fraction of sp³-hybridized carbons (Fsp3) is 0.0500. The summed E-state index contributed by atoms with van der Waals surface area (Å²) in [6.07, 6.45) is 0. The molecule has 3 aromatic carbocycles. The summed E-state index contributed by atoms with van der Waals surface area (Å²) in [4.78, 5) is 10.4. The highest BCUT2D eigenvalue weighted by molar-refractivity contribution is 5.99. The van der Waals surface area contributed by atoms with Gasteiger partial charge in [0, 0.05) is 17.7 Å². The van der Waals surface area contributed by atoms with Gasteiger partial charge in [0.25, 0.3) is 5.69 Å². The van der Waals surface area contributed by atoms with Crippen LogP contribution >= 0.6 is 0 Å². The van der Waals surface area contributed by atoms with Gasteiger partial charge in [-0.1, -0.05) is 35.9 Å². The number of nitrogens with zero attached hydrogens (tertiary/aromatic N) is 4. The summed E-state index contributed by atoms with van der Waals surface area (Å²) in [5.74, 6) is 0.314. The molecule has 0 saturated heterocycles. The largest absolute Gasteiger partial charge is 0.276 e. The van der Waals surface area contributed by atoms with E-state index in [9.17, 15) is 10.1 Å². The van der Waals surface area contributed by atoms with Gasteiger partial charge in [-0.25, -0.2) is 0 Å². The topological polar surface area (TPSA) is 92.2 Å². The number of hydrogen-bond acceptors (Lipinski definition) is 5. The molecule has 0 unspecified atom stereocenters. The fourth-order valence-electron chi connectivity index (χ4n) is 2.22. The summed E-state index contributed by atoms with van der Waals surface area (Å²) >= 11 is 0. The summed E-state index contributed by atoms with van der Waals surface area (Å²) in [5, 5.41) is 23.6. The number of non-ortho nitro benzene ring substituents is 1. The predicted molar refractivity (Wildman–Crippen MR) is 105 cm³/mol. The standard InChI is InChI=1S/C20H17N5O2/c1-15-7-11-18(12-8-15)22-24-20(23-21-17-5-3-2-4-6-17)16-9-13-19(14-10-16)25(26)27/h2-14,21H,1H3/b23-20-,24-22?. The fourth-order valence-corrected chi connectivity index (χ4v) is 2.22. The zero-order valence-corrected chi connectivity index (χ0v) is 14.6. The van der Waals surface area contributed by atoms with E-state index in [4.69, 9.17) is 0 Å². The zero-order chi connectivity index (χ0) is 19.1. The van der Waals surface area contributed by atoms with Crippen molar-refractivity contribution >= 4 is 22.9 Å². The number of anilines is 1. The lowest BCUT2D eigenvalue weighted by Gasteiger charge is -2.03. The SMILES string of the molecule is Cc1ccc(N=N/C(=N\Nc2ccccc2)c2ccc([N+](=O)[O-])cc2)cc1. The van der Waals surface area contributed by atoms with E-state index < -0.39 is 4.92 Å². The number of nitro benzene ring substituents is 1. The lowest BCUT2D eigenvalue weighted by atomic mass is 10.2. The first-order valence-electron chi connectivity index (χ1n) is 8.24. The van der Waals surface area contributed by atoms with Crippen LogP contribution in [0.5, 0.6) is 0 Å². The molecule has 3 rings (SSSR count). The van der Waals surface area contributed by atoms with Gasteiger partial charge in [-0.2, -0.15) is 5.10 Å². The predicted octanol–water partition coefficient (Wildman–Crippen LogP) is 5.46. The van der Waals surface area contributed by atoms with Crippen molar-refractivity contribution in [3.05, 3.63) is 100 Å². The molecule has 134 valence electrons. The van der Waals surface area contributed by atoms with Crippen LogP contribution in [0.25, 0.3) is 0 Å². The highest BCUT2D eigenvalue weighted by Gasteiger charge is 2.08. The molecule has 0 bridgehead atoms. The number of benzene rings is 3. The Morgan fingerprint density at radius 1 is 0.926 bits per heavy atom. The lowest BCUT2D eigenvalue weighted by molar-refractivity contribution is -0.384. The number of para-hydroxylation sites is 1. The summed E-state index contributed by atoms with van der Waals surface area (Å²) in [5.41, 5.74) is 6.15. The van der Waals surface area contributed by atoms with Crippen LogP contribution in [0.15, 0.2) is 94.2 Å². The Kier molecular flexibility index (Phi) is 5.64. The monoisotopic (exact) mass is 359 g/mol. The highest BCUT2D eigenvalue weighted by atomic mass is 16.6. The molecule has 0 aliphatic carbocycles. The Bertz CT molecular complexity index is 966. The van der Waals surface area contributed by atoms with E-state index >= 15 is 0 Å². The molecule has 27 heavy (non-hydrogen) atoms. The van der Waals surface area contributed by atoms with E-state index in [2.05, 4.69) is 20.8 Å². The molecular weight excluding hydrogens is 342 g/mol. The molecule has 3 aromatic rings. The van der Waals surface area contributed by atoms with Crippen LogP contribution in [-0.4, -0.2) is 10.8 Å². The summed E-state index contributed by atoms with van der Waals surface area (Å²) in [6.45, 7) is 1.99. The molecule has 1 N–H and O–H groups in total. The second-order valence-electron chi connectivity index (χ2n) is 5.75. The van der Waals surface area contributed by atoms with Gasteiger partial charge in [-0.15, -0.1) is 10.2 Å². The quantitative estimate of drug-likeness (QED) is 0.215. The van der Waals surface area contributed by atoms with Crippen molar-refractivity contribution in [3.8, 4) is 0 Å². The minimum absolute atomic E-state index is 0.00425. The van der Waals surface area contributed by atoms with E-state index in [1.165, 1.54) is 12.1 Å². The van der Waals surface area contributed by atoms with E-state index in [0.29, 0.717) is 17.1 Å². The van der Waals surface area contributed by atoms with Gasteiger partial charge < -0.3 is 0 Å². The highest BCUT2D eigenvalue weighted by Crippen LogP contribution is 2.17. The van der Waals surface area contributed by atoms with Crippen LogP contribution in [0.1, 0.15) is 11.1 Å². The number of azo groups is 1.